The number of benzene rings is 3. The third-order valence-corrected chi connectivity index (χ3v) is 6.69. The Morgan fingerprint density at radius 3 is 2.46 bits per heavy atom. The minimum Gasteiger partial charge on any atom is -0.497 e. The molecule has 0 fully saturated rings. The third-order valence-electron chi connectivity index (χ3n) is 5.84. The Morgan fingerprint density at radius 2 is 1.69 bits per heavy atom. The van der Waals surface area contributed by atoms with E-state index in [1.807, 2.05) is 78.2 Å². The number of amides is 1. The summed E-state index contributed by atoms with van der Waals surface area (Å²) in [5.74, 6) is 1.17. The van der Waals surface area contributed by atoms with Crippen molar-refractivity contribution >= 4 is 28.6 Å². The zero-order chi connectivity index (χ0) is 24.4. The van der Waals surface area contributed by atoms with E-state index in [-0.39, 0.29) is 5.91 Å². The summed E-state index contributed by atoms with van der Waals surface area (Å²) in [6.07, 6.45) is 0. The quantitative estimate of drug-likeness (QED) is 0.403. The van der Waals surface area contributed by atoms with Crippen LogP contribution < -0.4 is 19.2 Å². The first-order valence-electron chi connectivity index (χ1n) is 11.0. The molecule has 0 bridgehead atoms. The van der Waals surface area contributed by atoms with Gasteiger partial charge in [0.1, 0.15) is 11.5 Å². The van der Waals surface area contributed by atoms with Crippen LogP contribution >= 0.6 is 11.3 Å². The highest BCUT2D eigenvalue weighted by Gasteiger charge is 2.31. The van der Waals surface area contributed by atoms with Gasteiger partial charge in [-0.1, -0.05) is 48.5 Å². The molecular formula is C27H24N4O3S. The van der Waals surface area contributed by atoms with Crippen LogP contribution in [-0.4, -0.2) is 37.6 Å². The average Bonchev–Trinajstić information content (AvgIpc) is 3.41. The molecule has 8 heteroatoms. The first kappa shape index (κ1) is 22.6. The molecule has 0 aliphatic carbocycles. The van der Waals surface area contributed by atoms with Gasteiger partial charge in [0.15, 0.2) is 5.71 Å². The van der Waals surface area contributed by atoms with Gasteiger partial charge >= 0.3 is 0 Å². The van der Waals surface area contributed by atoms with E-state index in [1.165, 1.54) is 11.3 Å². The molecule has 5 rings (SSSR count). The highest BCUT2D eigenvalue weighted by atomic mass is 32.1. The highest BCUT2D eigenvalue weighted by molar-refractivity contribution is 7.07. The molecule has 3 aromatic carbocycles. The van der Waals surface area contributed by atoms with Gasteiger partial charge in [-0.15, -0.1) is 11.3 Å². The lowest BCUT2D eigenvalue weighted by Gasteiger charge is -2.11. The number of fused-ring (bicyclic) bond motifs is 1. The van der Waals surface area contributed by atoms with Crippen molar-refractivity contribution < 1.29 is 14.3 Å². The molecular weight excluding hydrogens is 460 g/mol. The van der Waals surface area contributed by atoms with Crippen LogP contribution in [0.1, 0.15) is 11.1 Å². The first-order chi connectivity index (χ1) is 17.1. The molecule has 0 radical (unpaired) electrons. The minimum atomic E-state index is -0.161. The van der Waals surface area contributed by atoms with Gasteiger partial charge in [-0.05, 0) is 23.8 Å². The molecule has 4 aromatic rings. The molecule has 1 aromatic heterocycles. The predicted octanol–water partition coefficient (Wildman–Crippen LogP) is 4.56. The molecule has 0 spiro atoms. The van der Waals surface area contributed by atoms with Crippen LogP contribution in [0.3, 0.4) is 0 Å². The van der Waals surface area contributed by atoms with Gasteiger partial charge in [0.2, 0.25) is 4.80 Å². The molecule has 176 valence electrons. The lowest BCUT2D eigenvalue weighted by atomic mass is 10.1. The van der Waals surface area contributed by atoms with Gasteiger partial charge in [0, 0.05) is 29.6 Å². The zero-order valence-electron chi connectivity index (χ0n) is 19.6. The third kappa shape index (κ3) is 4.24. The largest absolute Gasteiger partial charge is 0.497 e. The number of rotatable bonds is 6. The Kier molecular flexibility index (Phi) is 6.20. The van der Waals surface area contributed by atoms with E-state index in [0.29, 0.717) is 28.6 Å². The molecule has 1 aliphatic heterocycles. The lowest BCUT2D eigenvalue weighted by molar-refractivity contribution is -0.112. The monoisotopic (exact) mass is 484 g/mol. The van der Waals surface area contributed by atoms with Crippen molar-refractivity contribution in [3.05, 3.63) is 94.1 Å². The molecule has 0 atom stereocenters. The van der Waals surface area contributed by atoms with Gasteiger partial charge in [0.05, 0.1) is 32.1 Å². The van der Waals surface area contributed by atoms with Crippen molar-refractivity contribution in [2.24, 2.45) is 10.1 Å². The summed E-state index contributed by atoms with van der Waals surface area (Å²) >= 11 is 1.46. The molecule has 1 aliphatic rings. The fourth-order valence-electron chi connectivity index (χ4n) is 3.99. The summed E-state index contributed by atoms with van der Waals surface area (Å²) in [6.45, 7) is 0.496. The van der Waals surface area contributed by atoms with Crippen molar-refractivity contribution in [1.82, 2.24) is 4.68 Å². The topological polar surface area (TPSA) is 68.4 Å². The Balaban J connectivity index is 1.70. The summed E-state index contributed by atoms with van der Waals surface area (Å²) in [5, 5.41) is 6.85. The summed E-state index contributed by atoms with van der Waals surface area (Å²) in [5.41, 5.74) is 4.68. The normalized spacial score (nSPS) is 14.5. The van der Waals surface area contributed by atoms with E-state index in [1.54, 1.807) is 30.8 Å². The maximum atomic E-state index is 13.1. The second kappa shape index (κ2) is 9.60. The number of aromatic nitrogens is 1. The van der Waals surface area contributed by atoms with Crippen LogP contribution in [0.25, 0.3) is 11.3 Å². The van der Waals surface area contributed by atoms with Crippen LogP contribution in [0.4, 0.5) is 5.69 Å². The summed E-state index contributed by atoms with van der Waals surface area (Å²) < 4.78 is 12.8. The van der Waals surface area contributed by atoms with E-state index in [4.69, 9.17) is 19.6 Å². The van der Waals surface area contributed by atoms with Crippen LogP contribution in [-0.2, 0) is 11.3 Å². The minimum absolute atomic E-state index is 0.161. The van der Waals surface area contributed by atoms with E-state index in [9.17, 15) is 4.79 Å². The standard InChI is InChI=1S/C27H24N4O3S/c1-30-22-12-8-7-11-21(22)25(26(30)32)29-31-23(20-14-13-19(33-2)15-24(20)34-3)17-35-27(31)28-16-18-9-5-4-6-10-18/h4-15,17H,16H2,1-3H3. The van der Waals surface area contributed by atoms with Gasteiger partial charge in [0.25, 0.3) is 5.91 Å². The number of nitrogens with zero attached hydrogens (tertiary/aromatic N) is 4. The maximum Gasteiger partial charge on any atom is 0.279 e. The highest BCUT2D eigenvalue weighted by Crippen LogP contribution is 2.34. The van der Waals surface area contributed by atoms with Crippen LogP contribution in [0.2, 0.25) is 0 Å². The number of para-hydroxylation sites is 1. The second-order valence-corrected chi connectivity index (χ2v) is 8.75. The number of carbonyl (C=O) groups is 1. The van der Waals surface area contributed by atoms with E-state index in [0.717, 1.165) is 28.1 Å². The van der Waals surface area contributed by atoms with E-state index >= 15 is 0 Å². The SMILES string of the molecule is COc1ccc(-c2csc(=NCc3ccccc3)n2N=C2C(=O)N(C)c3ccccc32)c(OC)c1. The number of methoxy groups -OCH3 is 2. The Hall–Kier alpha value is -4.17. The predicted molar refractivity (Wildman–Crippen MR) is 138 cm³/mol. The zero-order valence-corrected chi connectivity index (χ0v) is 20.5. The summed E-state index contributed by atoms with van der Waals surface area (Å²) in [7, 11) is 4.99. The molecule has 1 amide bonds. The van der Waals surface area contributed by atoms with E-state index < -0.39 is 0 Å². The van der Waals surface area contributed by atoms with Crippen molar-refractivity contribution in [2.45, 2.75) is 6.54 Å². The number of anilines is 1. The number of ether oxygens (including phenoxy) is 2. The lowest BCUT2D eigenvalue weighted by Crippen LogP contribution is -2.27. The summed E-state index contributed by atoms with van der Waals surface area (Å²) in [6, 6.07) is 23.3. The number of hydrogen-bond acceptors (Lipinski definition) is 6. The molecule has 0 N–H and O–H groups in total. The van der Waals surface area contributed by atoms with Gasteiger partial charge < -0.3 is 14.4 Å². The molecule has 0 saturated carbocycles. The Bertz CT molecular complexity index is 1490. The molecule has 7 nitrogen and oxygen atoms in total. The maximum absolute atomic E-state index is 13.1. The number of likely N-dealkylation sites (N-methyl/N-ethyl adjacent to an activating group) is 1. The van der Waals surface area contributed by atoms with Gasteiger partial charge in [-0.2, -0.15) is 5.10 Å². The smallest absolute Gasteiger partial charge is 0.279 e. The number of hydrogen-bond donors (Lipinski definition) is 0. The van der Waals surface area contributed by atoms with Crippen molar-refractivity contribution in [3.63, 3.8) is 0 Å². The molecule has 35 heavy (non-hydrogen) atoms. The van der Waals surface area contributed by atoms with Crippen LogP contribution in [0.5, 0.6) is 11.5 Å². The second-order valence-electron chi connectivity index (χ2n) is 7.91. The Labute approximate surface area is 207 Å². The molecule has 2 heterocycles. The van der Waals surface area contributed by atoms with Crippen LogP contribution in [0, 0.1) is 0 Å². The van der Waals surface area contributed by atoms with Crippen molar-refractivity contribution in [1.29, 1.82) is 0 Å². The van der Waals surface area contributed by atoms with Crippen molar-refractivity contribution in [2.75, 3.05) is 26.2 Å². The fraction of sp³-hybridized carbons (Fsp3) is 0.148. The van der Waals surface area contributed by atoms with E-state index in [2.05, 4.69) is 0 Å². The summed E-state index contributed by atoms with van der Waals surface area (Å²) in [4.78, 5) is 20.3. The Morgan fingerprint density at radius 1 is 0.914 bits per heavy atom. The van der Waals surface area contributed by atoms with Crippen molar-refractivity contribution in [3.8, 4) is 22.8 Å². The first-order valence-corrected chi connectivity index (χ1v) is 11.9. The van der Waals surface area contributed by atoms with Gasteiger partial charge in [-0.25, -0.2) is 4.68 Å². The number of thiazole rings is 1. The molecule has 0 saturated heterocycles. The molecule has 0 unspecified atom stereocenters. The van der Waals surface area contributed by atoms with Crippen LogP contribution in [0.15, 0.2) is 88.3 Å². The fourth-order valence-corrected chi connectivity index (χ4v) is 4.81. The number of carbonyl (C=O) groups excluding carboxylic acids is 1. The van der Waals surface area contributed by atoms with Gasteiger partial charge in [-0.3, -0.25) is 9.79 Å². The average molecular weight is 485 g/mol.